The van der Waals surface area contributed by atoms with E-state index in [-0.39, 0.29) is 5.56 Å². The van der Waals surface area contributed by atoms with E-state index in [1.54, 1.807) is 11.8 Å². The molecule has 0 bridgehead atoms. The number of nitrogens with one attached hydrogen (secondary N) is 1. The van der Waals surface area contributed by atoms with Crippen LogP contribution in [-0.2, 0) is 11.2 Å². The average molecular weight is 265 g/mol. The van der Waals surface area contributed by atoms with Gasteiger partial charge in [0.2, 0.25) is 5.95 Å². The van der Waals surface area contributed by atoms with Crippen molar-refractivity contribution in [1.29, 1.82) is 0 Å². The summed E-state index contributed by atoms with van der Waals surface area (Å²) in [6, 6.07) is -0.594. The molecule has 19 heavy (non-hydrogen) atoms. The summed E-state index contributed by atoms with van der Waals surface area (Å²) in [5.74, 6) is -0.480. The van der Waals surface area contributed by atoms with Crippen LogP contribution in [-0.4, -0.2) is 33.6 Å². The van der Waals surface area contributed by atoms with Gasteiger partial charge < -0.3 is 10.0 Å². The minimum absolute atomic E-state index is 0.167. The second-order valence-electron chi connectivity index (χ2n) is 4.85. The Balaban J connectivity index is 2.40. The van der Waals surface area contributed by atoms with Crippen molar-refractivity contribution < 1.29 is 9.90 Å². The fourth-order valence-electron chi connectivity index (χ4n) is 2.59. The molecule has 0 spiro atoms. The molecule has 2 heterocycles. The number of hydrogen-bond acceptors (Lipinski definition) is 4. The van der Waals surface area contributed by atoms with E-state index in [2.05, 4.69) is 9.97 Å². The van der Waals surface area contributed by atoms with E-state index < -0.39 is 12.0 Å². The standard InChI is InChI=1S/C13H19N3O3/c1-3-9-8(2)14-13(15-11(9)17)16-7-5-4-6-10(16)12(18)19/h10H,3-7H2,1-2H3,(H,18,19)(H,14,15,17). The Labute approximate surface area is 111 Å². The van der Waals surface area contributed by atoms with Gasteiger partial charge in [0.1, 0.15) is 6.04 Å². The van der Waals surface area contributed by atoms with Crippen molar-refractivity contribution >= 4 is 11.9 Å². The minimum Gasteiger partial charge on any atom is -0.480 e. The number of hydrogen-bond donors (Lipinski definition) is 2. The molecule has 2 rings (SSSR count). The summed E-state index contributed by atoms with van der Waals surface area (Å²) in [6.07, 6.45) is 3.02. The maximum atomic E-state index is 11.9. The molecular formula is C13H19N3O3. The molecule has 1 aliphatic rings. The Morgan fingerprint density at radius 3 is 2.84 bits per heavy atom. The molecule has 1 aromatic heterocycles. The van der Waals surface area contributed by atoms with Crippen LogP contribution in [0.1, 0.15) is 37.4 Å². The second kappa shape index (κ2) is 5.42. The predicted molar refractivity (Wildman–Crippen MR) is 71.6 cm³/mol. The molecule has 104 valence electrons. The first kappa shape index (κ1) is 13.6. The largest absolute Gasteiger partial charge is 0.480 e. The number of carboxylic acid groups (broad SMARTS) is 1. The molecule has 1 unspecified atom stereocenters. The molecule has 1 aliphatic heterocycles. The van der Waals surface area contributed by atoms with Crippen molar-refractivity contribution in [3.63, 3.8) is 0 Å². The maximum absolute atomic E-state index is 11.9. The minimum atomic E-state index is -0.862. The highest BCUT2D eigenvalue weighted by Gasteiger charge is 2.30. The van der Waals surface area contributed by atoms with Gasteiger partial charge in [0.15, 0.2) is 0 Å². The van der Waals surface area contributed by atoms with Crippen molar-refractivity contribution in [2.45, 2.75) is 45.6 Å². The Morgan fingerprint density at radius 1 is 1.53 bits per heavy atom. The fraction of sp³-hybridized carbons (Fsp3) is 0.615. The third kappa shape index (κ3) is 2.62. The van der Waals surface area contributed by atoms with Crippen molar-refractivity contribution in [3.05, 3.63) is 21.6 Å². The normalized spacial score (nSPS) is 19.5. The summed E-state index contributed by atoms with van der Waals surface area (Å²) in [7, 11) is 0. The third-order valence-corrected chi connectivity index (χ3v) is 3.62. The molecule has 0 aliphatic carbocycles. The lowest BCUT2D eigenvalue weighted by atomic mass is 10.0. The number of rotatable bonds is 3. The molecule has 6 nitrogen and oxygen atoms in total. The van der Waals surface area contributed by atoms with E-state index in [4.69, 9.17) is 0 Å². The highest BCUT2D eigenvalue weighted by Crippen LogP contribution is 2.21. The highest BCUT2D eigenvalue weighted by atomic mass is 16.4. The summed E-state index contributed by atoms with van der Waals surface area (Å²) in [6.45, 7) is 4.31. The molecule has 0 amide bonds. The van der Waals surface area contributed by atoms with Gasteiger partial charge >= 0.3 is 5.97 Å². The lowest BCUT2D eigenvalue weighted by molar-refractivity contribution is -0.139. The van der Waals surface area contributed by atoms with Crippen LogP contribution in [0.25, 0.3) is 0 Å². The summed E-state index contributed by atoms with van der Waals surface area (Å²) in [4.78, 5) is 32.0. The second-order valence-corrected chi connectivity index (χ2v) is 4.85. The van der Waals surface area contributed by atoms with Gasteiger partial charge in [-0.15, -0.1) is 0 Å². The summed E-state index contributed by atoms with van der Waals surface area (Å²) in [5.41, 5.74) is 1.17. The molecule has 1 atom stereocenters. The van der Waals surface area contributed by atoms with Gasteiger partial charge in [-0.2, -0.15) is 0 Å². The van der Waals surface area contributed by atoms with Crippen LogP contribution in [0.5, 0.6) is 0 Å². The number of aryl methyl sites for hydroxylation is 1. The number of carboxylic acids is 1. The molecule has 2 N–H and O–H groups in total. The molecular weight excluding hydrogens is 246 g/mol. The van der Waals surface area contributed by atoms with Crippen LogP contribution in [0.3, 0.4) is 0 Å². The average Bonchev–Trinajstić information content (AvgIpc) is 2.38. The van der Waals surface area contributed by atoms with Crippen LogP contribution in [0.4, 0.5) is 5.95 Å². The first-order valence-electron chi connectivity index (χ1n) is 6.63. The summed E-state index contributed by atoms with van der Waals surface area (Å²) < 4.78 is 0. The third-order valence-electron chi connectivity index (χ3n) is 3.62. The molecule has 0 radical (unpaired) electrons. The van der Waals surface area contributed by atoms with E-state index in [0.29, 0.717) is 36.6 Å². The zero-order chi connectivity index (χ0) is 14.0. The number of nitrogens with zero attached hydrogens (tertiary/aromatic N) is 2. The van der Waals surface area contributed by atoms with Crippen molar-refractivity contribution in [1.82, 2.24) is 9.97 Å². The molecule has 1 aromatic rings. The van der Waals surface area contributed by atoms with Gasteiger partial charge in [-0.25, -0.2) is 9.78 Å². The van der Waals surface area contributed by atoms with Gasteiger partial charge in [-0.1, -0.05) is 6.92 Å². The maximum Gasteiger partial charge on any atom is 0.326 e. The fourth-order valence-corrected chi connectivity index (χ4v) is 2.59. The van der Waals surface area contributed by atoms with Crippen molar-refractivity contribution in [2.75, 3.05) is 11.4 Å². The summed E-state index contributed by atoms with van der Waals surface area (Å²) >= 11 is 0. The van der Waals surface area contributed by atoms with Gasteiger partial charge in [0.05, 0.1) is 0 Å². The van der Waals surface area contributed by atoms with E-state index in [1.807, 2.05) is 6.92 Å². The first-order chi connectivity index (χ1) is 9.04. The summed E-state index contributed by atoms with van der Waals surface area (Å²) in [5, 5.41) is 9.25. The zero-order valence-corrected chi connectivity index (χ0v) is 11.3. The number of aliphatic carboxylic acids is 1. The Kier molecular flexibility index (Phi) is 3.87. The van der Waals surface area contributed by atoms with Crippen molar-refractivity contribution in [2.24, 2.45) is 0 Å². The van der Waals surface area contributed by atoms with E-state index >= 15 is 0 Å². The van der Waals surface area contributed by atoms with Crippen LogP contribution in [0.15, 0.2) is 4.79 Å². The molecule has 1 saturated heterocycles. The van der Waals surface area contributed by atoms with Gasteiger partial charge in [-0.05, 0) is 32.6 Å². The Hall–Kier alpha value is -1.85. The van der Waals surface area contributed by atoms with Gasteiger partial charge in [-0.3, -0.25) is 9.78 Å². The van der Waals surface area contributed by atoms with Crippen molar-refractivity contribution in [3.8, 4) is 0 Å². The lowest BCUT2D eigenvalue weighted by Gasteiger charge is -2.33. The number of anilines is 1. The number of piperidine rings is 1. The quantitative estimate of drug-likeness (QED) is 0.854. The number of carbonyl (C=O) groups is 1. The van der Waals surface area contributed by atoms with E-state index in [9.17, 15) is 14.7 Å². The molecule has 0 aromatic carbocycles. The first-order valence-corrected chi connectivity index (χ1v) is 6.63. The van der Waals surface area contributed by atoms with Crippen LogP contribution < -0.4 is 10.5 Å². The Morgan fingerprint density at radius 2 is 2.26 bits per heavy atom. The molecule has 0 saturated carbocycles. The van der Waals surface area contributed by atoms with E-state index in [1.165, 1.54) is 0 Å². The monoisotopic (exact) mass is 265 g/mol. The van der Waals surface area contributed by atoms with Crippen LogP contribution in [0.2, 0.25) is 0 Å². The smallest absolute Gasteiger partial charge is 0.326 e. The zero-order valence-electron chi connectivity index (χ0n) is 11.3. The molecule has 1 fully saturated rings. The van der Waals surface area contributed by atoms with Crippen LogP contribution in [0, 0.1) is 6.92 Å². The van der Waals surface area contributed by atoms with E-state index in [0.717, 1.165) is 12.8 Å². The topological polar surface area (TPSA) is 86.3 Å². The number of H-pyrrole nitrogens is 1. The molecule has 6 heteroatoms. The van der Waals surface area contributed by atoms with Crippen LogP contribution >= 0.6 is 0 Å². The van der Waals surface area contributed by atoms with Gasteiger partial charge in [0, 0.05) is 17.8 Å². The van der Waals surface area contributed by atoms with Gasteiger partial charge in [0.25, 0.3) is 5.56 Å². The SMILES string of the molecule is CCc1c(C)nc(N2CCCCC2C(=O)O)[nH]c1=O. The predicted octanol–water partition coefficient (Wildman–Crippen LogP) is 1.08. The number of aromatic amines is 1. The lowest BCUT2D eigenvalue weighted by Crippen LogP contribution is -2.46. The highest BCUT2D eigenvalue weighted by molar-refractivity contribution is 5.77. The Bertz CT molecular complexity index is 538. The number of aromatic nitrogens is 2.